The largest absolute Gasteiger partial charge is 0.356 e. The molecule has 9 heavy (non-hydrogen) atoms. The molecule has 0 saturated carbocycles. The van der Waals surface area contributed by atoms with Crippen molar-refractivity contribution < 1.29 is 4.79 Å². The van der Waals surface area contributed by atoms with E-state index in [4.69, 9.17) is 0 Å². The fraction of sp³-hybridized carbons (Fsp3) is 0.286. The van der Waals surface area contributed by atoms with E-state index in [0.717, 1.165) is 17.5 Å². The number of aromatic amines is 1. The number of aldehydes is 1. The normalized spacial score (nSPS) is 9.56. The van der Waals surface area contributed by atoms with E-state index >= 15 is 0 Å². The van der Waals surface area contributed by atoms with Gasteiger partial charge in [-0.25, -0.2) is 0 Å². The maximum atomic E-state index is 10.2. The Morgan fingerprint density at radius 2 is 2.33 bits per heavy atom. The Kier molecular flexibility index (Phi) is 1.39. The van der Waals surface area contributed by atoms with Crippen LogP contribution in [0.25, 0.3) is 0 Å². The minimum absolute atomic E-state index is 0.688. The van der Waals surface area contributed by atoms with Crippen molar-refractivity contribution in [1.29, 1.82) is 0 Å². The lowest BCUT2D eigenvalue weighted by Crippen LogP contribution is -1.80. The molecule has 0 spiro atoms. The van der Waals surface area contributed by atoms with Gasteiger partial charge < -0.3 is 4.98 Å². The van der Waals surface area contributed by atoms with Gasteiger partial charge in [-0.2, -0.15) is 0 Å². The molecule has 0 fully saturated rings. The summed E-state index contributed by atoms with van der Waals surface area (Å²) in [6, 6.07) is 1.95. The lowest BCUT2D eigenvalue weighted by molar-refractivity contribution is 0.111. The zero-order valence-electron chi connectivity index (χ0n) is 5.56. The molecule has 1 rings (SSSR count). The van der Waals surface area contributed by atoms with Crippen LogP contribution in [0.5, 0.6) is 0 Å². The molecular formula is C7H9NO. The fourth-order valence-electron chi connectivity index (χ4n) is 0.872. The highest BCUT2D eigenvalue weighted by Gasteiger charge is 1.97. The number of nitrogens with one attached hydrogen (secondary N) is 1. The van der Waals surface area contributed by atoms with Gasteiger partial charge >= 0.3 is 0 Å². The first-order chi connectivity index (χ1) is 4.24. The topological polar surface area (TPSA) is 32.9 Å². The van der Waals surface area contributed by atoms with Crippen LogP contribution in [0.1, 0.15) is 21.7 Å². The van der Waals surface area contributed by atoms with E-state index in [-0.39, 0.29) is 0 Å². The Labute approximate surface area is 53.9 Å². The lowest BCUT2D eigenvalue weighted by Gasteiger charge is -1.81. The molecule has 0 amide bonds. The maximum Gasteiger partial charge on any atom is 0.166 e. The van der Waals surface area contributed by atoms with Gasteiger partial charge in [0.15, 0.2) is 6.29 Å². The van der Waals surface area contributed by atoms with Crippen molar-refractivity contribution in [2.24, 2.45) is 0 Å². The standard InChI is InChI=1S/C7H9NO/c1-5-3-6(2)8-7(5)4-9/h3-4,8H,1-2H3/i7+2. The number of aromatic nitrogens is 1. The first-order valence-corrected chi connectivity index (χ1v) is 2.85. The Morgan fingerprint density at radius 1 is 1.67 bits per heavy atom. The van der Waals surface area contributed by atoms with E-state index < -0.39 is 0 Å². The number of carbonyl (C=O) groups is 1. The van der Waals surface area contributed by atoms with Gasteiger partial charge in [0.05, 0.1) is 5.69 Å². The summed E-state index contributed by atoms with van der Waals surface area (Å²) in [5.74, 6) is 0. The molecule has 0 aromatic carbocycles. The molecule has 1 aromatic rings. The zero-order valence-corrected chi connectivity index (χ0v) is 5.56. The lowest BCUT2D eigenvalue weighted by atomic mass is 10.4. The monoisotopic (exact) mass is 125 g/mol. The van der Waals surface area contributed by atoms with E-state index in [9.17, 15) is 4.79 Å². The minimum atomic E-state index is 0.688. The molecule has 0 saturated heterocycles. The predicted molar refractivity (Wildman–Crippen MR) is 35.7 cm³/mol. The Hall–Kier alpha value is -1.05. The van der Waals surface area contributed by atoms with Crippen LogP contribution >= 0.6 is 0 Å². The summed E-state index contributed by atoms with van der Waals surface area (Å²) in [5, 5.41) is 0. The van der Waals surface area contributed by atoms with Crippen LogP contribution in [0.15, 0.2) is 6.07 Å². The summed E-state index contributed by atoms with van der Waals surface area (Å²) in [6.45, 7) is 3.84. The predicted octanol–water partition coefficient (Wildman–Crippen LogP) is 1.44. The smallest absolute Gasteiger partial charge is 0.166 e. The highest BCUT2D eigenvalue weighted by atomic mass is 16.1. The summed E-state index contributed by atoms with van der Waals surface area (Å²) < 4.78 is 0. The van der Waals surface area contributed by atoms with Crippen LogP contribution in [0.4, 0.5) is 0 Å². The summed E-state index contributed by atoms with van der Waals surface area (Å²) >= 11 is 0. The second-order valence-electron chi connectivity index (χ2n) is 2.17. The Bertz CT molecular complexity index is 225. The second-order valence-corrected chi connectivity index (χ2v) is 2.17. The van der Waals surface area contributed by atoms with E-state index in [2.05, 4.69) is 4.98 Å². The molecule has 1 N–H and O–H groups in total. The molecule has 1 aromatic heterocycles. The van der Waals surface area contributed by atoms with E-state index in [1.165, 1.54) is 0 Å². The number of hydrogen-bond donors (Lipinski definition) is 1. The average Bonchev–Trinajstić information content (AvgIpc) is 2.10. The minimum Gasteiger partial charge on any atom is -0.356 e. The van der Waals surface area contributed by atoms with Crippen molar-refractivity contribution in [3.63, 3.8) is 0 Å². The number of rotatable bonds is 1. The van der Waals surface area contributed by atoms with Crippen molar-refractivity contribution in [1.82, 2.24) is 4.98 Å². The average molecular weight is 125 g/mol. The quantitative estimate of drug-likeness (QED) is 0.566. The highest BCUT2D eigenvalue weighted by Crippen LogP contribution is 2.04. The van der Waals surface area contributed by atoms with Crippen molar-refractivity contribution in [3.05, 3.63) is 23.0 Å². The zero-order chi connectivity index (χ0) is 6.85. The third-order valence-corrected chi connectivity index (χ3v) is 1.31. The van der Waals surface area contributed by atoms with Gasteiger partial charge in [0.2, 0.25) is 0 Å². The molecule has 1 heterocycles. The molecule has 0 bridgehead atoms. The van der Waals surface area contributed by atoms with Crippen LogP contribution in [0.3, 0.4) is 0 Å². The highest BCUT2D eigenvalue weighted by molar-refractivity contribution is 5.74. The number of carbonyl (C=O) groups excluding carboxylic acids is 1. The molecule has 0 radical (unpaired) electrons. The Balaban J connectivity index is 3.15. The van der Waals surface area contributed by atoms with Gasteiger partial charge in [0.25, 0.3) is 0 Å². The van der Waals surface area contributed by atoms with Gasteiger partial charge in [-0.1, -0.05) is 0 Å². The van der Waals surface area contributed by atoms with Gasteiger partial charge in [0.1, 0.15) is 0 Å². The molecule has 48 valence electrons. The second kappa shape index (κ2) is 2.05. The van der Waals surface area contributed by atoms with E-state index in [1.54, 1.807) is 0 Å². The molecule has 0 atom stereocenters. The molecule has 0 aliphatic carbocycles. The summed E-state index contributed by atoms with van der Waals surface area (Å²) in [6.07, 6.45) is 0.836. The number of H-pyrrole nitrogens is 1. The van der Waals surface area contributed by atoms with Crippen LogP contribution in [0.2, 0.25) is 0 Å². The van der Waals surface area contributed by atoms with Crippen LogP contribution < -0.4 is 0 Å². The number of aryl methyl sites for hydroxylation is 2. The van der Waals surface area contributed by atoms with E-state index in [1.807, 2.05) is 19.9 Å². The van der Waals surface area contributed by atoms with Crippen molar-refractivity contribution in [3.8, 4) is 0 Å². The van der Waals surface area contributed by atoms with Crippen molar-refractivity contribution in [2.75, 3.05) is 0 Å². The Morgan fingerprint density at radius 3 is 2.56 bits per heavy atom. The molecule has 2 nitrogen and oxygen atoms in total. The third kappa shape index (κ3) is 1.02. The first-order valence-electron chi connectivity index (χ1n) is 2.85. The maximum absolute atomic E-state index is 10.2. The van der Waals surface area contributed by atoms with Crippen molar-refractivity contribution in [2.45, 2.75) is 13.8 Å². The summed E-state index contributed by atoms with van der Waals surface area (Å²) in [7, 11) is 0. The first kappa shape index (κ1) is 6.08. The van der Waals surface area contributed by atoms with Gasteiger partial charge in [-0.15, -0.1) is 0 Å². The molecular weight excluding hydrogens is 116 g/mol. The molecule has 0 aliphatic heterocycles. The summed E-state index contributed by atoms with van der Waals surface area (Å²) in [4.78, 5) is 13.1. The SMILES string of the molecule is Cc1cc(C)[14c](C=O)[nH]1. The molecule has 0 aliphatic rings. The van der Waals surface area contributed by atoms with Crippen LogP contribution in [-0.4, -0.2) is 11.3 Å². The van der Waals surface area contributed by atoms with Gasteiger partial charge in [-0.3, -0.25) is 4.79 Å². The fourth-order valence-corrected chi connectivity index (χ4v) is 0.872. The third-order valence-electron chi connectivity index (χ3n) is 1.31. The molecule has 2 heteroatoms. The van der Waals surface area contributed by atoms with Crippen LogP contribution in [0, 0.1) is 13.8 Å². The molecule has 0 unspecified atom stereocenters. The van der Waals surface area contributed by atoms with Gasteiger partial charge in [0, 0.05) is 5.69 Å². The summed E-state index contributed by atoms with van der Waals surface area (Å²) in [5.41, 5.74) is 2.74. The van der Waals surface area contributed by atoms with Gasteiger partial charge in [-0.05, 0) is 25.5 Å². The van der Waals surface area contributed by atoms with Crippen molar-refractivity contribution >= 4 is 6.29 Å². The van der Waals surface area contributed by atoms with E-state index in [0.29, 0.717) is 5.69 Å². The van der Waals surface area contributed by atoms with Crippen LogP contribution in [-0.2, 0) is 0 Å². The number of hydrogen-bond acceptors (Lipinski definition) is 1.